The van der Waals surface area contributed by atoms with Gasteiger partial charge in [-0.2, -0.15) is 0 Å². The number of aryl methyl sites for hydroxylation is 1. The van der Waals surface area contributed by atoms with Crippen LogP contribution in [0.5, 0.6) is 11.5 Å². The smallest absolute Gasteiger partial charge is 0.341 e. The van der Waals surface area contributed by atoms with Crippen LogP contribution >= 0.6 is 11.8 Å². The minimum atomic E-state index is -1.13. The van der Waals surface area contributed by atoms with E-state index in [0.717, 1.165) is 27.8 Å². The number of nitrogens with one attached hydrogen (secondary N) is 1. The SMILES string of the molecule is COc1cc(/C=C2/SC(=O)N(CC(=O)Nc3cccc(C)c3C)C2=O)ccc1OCC(=O)O. The lowest BCUT2D eigenvalue weighted by molar-refractivity contribution is -0.139. The third-order valence-corrected chi connectivity index (χ3v) is 5.80. The predicted octanol–water partition coefficient (Wildman–Crippen LogP) is 3.45. The second-order valence-electron chi connectivity index (χ2n) is 7.16. The van der Waals surface area contributed by atoms with E-state index in [4.69, 9.17) is 14.6 Å². The van der Waals surface area contributed by atoms with E-state index < -0.39 is 36.2 Å². The molecule has 1 fully saturated rings. The molecule has 1 aliphatic rings. The molecule has 2 N–H and O–H groups in total. The Hall–Kier alpha value is -3.79. The minimum absolute atomic E-state index is 0.154. The Kier molecular flexibility index (Phi) is 7.39. The Bertz CT molecular complexity index is 1160. The first-order valence-electron chi connectivity index (χ1n) is 9.83. The van der Waals surface area contributed by atoms with Crippen LogP contribution in [-0.2, 0) is 14.4 Å². The normalized spacial score (nSPS) is 14.5. The van der Waals surface area contributed by atoms with Gasteiger partial charge in [-0.15, -0.1) is 0 Å². The van der Waals surface area contributed by atoms with E-state index in [0.29, 0.717) is 11.3 Å². The van der Waals surface area contributed by atoms with E-state index in [1.165, 1.54) is 19.3 Å². The van der Waals surface area contributed by atoms with Crippen molar-refractivity contribution in [3.63, 3.8) is 0 Å². The summed E-state index contributed by atoms with van der Waals surface area (Å²) in [5.41, 5.74) is 3.08. The number of benzene rings is 2. The maximum atomic E-state index is 12.7. The van der Waals surface area contributed by atoms with Gasteiger partial charge in [0.05, 0.1) is 12.0 Å². The number of hydrogen-bond acceptors (Lipinski definition) is 7. The molecule has 0 unspecified atom stereocenters. The fraction of sp³-hybridized carbons (Fsp3) is 0.217. The second kappa shape index (κ2) is 10.2. The lowest BCUT2D eigenvalue weighted by atomic mass is 10.1. The average Bonchev–Trinajstić information content (AvgIpc) is 3.03. The average molecular weight is 471 g/mol. The molecule has 10 heteroatoms. The number of carboxylic acids is 1. The highest BCUT2D eigenvalue weighted by molar-refractivity contribution is 8.18. The number of anilines is 1. The molecule has 3 rings (SSSR count). The molecule has 0 atom stereocenters. The summed E-state index contributed by atoms with van der Waals surface area (Å²) >= 11 is 0.731. The molecule has 0 aromatic heterocycles. The summed E-state index contributed by atoms with van der Waals surface area (Å²) < 4.78 is 10.4. The molecule has 0 bridgehead atoms. The van der Waals surface area contributed by atoms with Crippen LogP contribution in [0.1, 0.15) is 16.7 Å². The third-order valence-electron chi connectivity index (χ3n) is 4.89. The molecule has 172 valence electrons. The van der Waals surface area contributed by atoms with Crippen molar-refractivity contribution in [3.8, 4) is 11.5 Å². The molecule has 0 aliphatic carbocycles. The molecular formula is C23H22N2O7S. The van der Waals surface area contributed by atoms with Gasteiger partial charge >= 0.3 is 5.97 Å². The minimum Gasteiger partial charge on any atom is -0.493 e. The third kappa shape index (κ3) is 5.72. The highest BCUT2D eigenvalue weighted by atomic mass is 32.2. The van der Waals surface area contributed by atoms with Crippen molar-refractivity contribution in [3.05, 3.63) is 58.0 Å². The standard InChI is InChI=1S/C23H22N2O7S/c1-13-5-4-6-16(14(13)2)24-20(26)11-25-22(29)19(33-23(25)30)10-15-7-8-17(18(9-15)31-3)32-12-21(27)28/h4-10H,11-12H2,1-3H3,(H,24,26)(H,27,28)/b19-10+. The first kappa shape index (κ1) is 23.9. The second-order valence-corrected chi connectivity index (χ2v) is 8.15. The van der Waals surface area contributed by atoms with E-state index in [9.17, 15) is 19.2 Å². The van der Waals surface area contributed by atoms with E-state index >= 15 is 0 Å². The van der Waals surface area contributed by atoms with Crippen LogP contribution in [0.2, 0.25) is 0 Å². The van der Waals surface area contributed by atoms with Gasteiger partial charge in [-0.25, -0.2) is 4.79 Å². The van der Waals surface area contributed by atoms with Gasteiger partial charge in [-0.1, -0.05) is 18.2 Å². The first-order chi connectivity index (χ1) is 15.7. The molecule has 1 aliphatic heterocycles. The summed E-state index contributed by atoms with van der Waals surface area (Å²) in [6.07, 6.45) is 1.50. The van der Waals surface area contributed by atoms with Crippen LogP contribution in [-0.4, -0.2) is 53.3 Å². The molecule has 0 spiro atoms. The van der Waals surface area contributed by atoms with Crippen LogP contribution in [0.4, 0.5) is 10.5 Å². The number of carbonyl (C=O) groups is 4. The first-order valence-corrected chi connectivity index (χ1v) is 10.6. The summed E-state index contributed by atoms with van der Waals surface area (Å²) in [5.74, 6) is -1.68. The molecule has 0 saturated carbocycles. The summed E-state index contributed by atoms with van der Waals surface area (Å²) in [6.45, 7) is 2.87. The van der Waals surface area contributed by atoms with Gasteiger partial charge in [0.2, 0.25) is 5.91 Å². The van der Waals surface area contributed by atoms with Crippen molar-refractivity contribution in [1.82, 2.24) is 4.90 Å². The maximum absolute atomic E-state index is 12.7. The quantitative estimate of drug-likeness (QED) is 0.563. The number of rotatable bonds is 8. The molecular weight excluding hydrogens is 448 g/mol. The van der Waals surface area contributed by atoms with Crippen molar-refractivity contribution in [2.75, 3.05) is 25.6 Å². The number of hydrogen-bond donors (Lipinski definition) is 2. The monoisotopic (exact) mass is 470 g/mol. The molecule has 33 heavy (non-hydrogen) atoms. The maximum Gasteiger partial charge on any atom is 0.341 e. The van der Waals surface area contributed by atoms with Crippen molar-refractivity contribution >= 4 is 46.5 Å². The van der Waals surface area contributed by atoms with E-state index in [-0.39, 0.29) is 16.4 Å². The van der Waals surface area contributed by atoms with Crippen molar-refractivity contribution < 1.29 is 33.8 Å². The zero-order valence-electron chi connectivity index (χ0n) is 18.2. The highest BCUT2D eigenvalue weighted by Gasteiger charge is 2.36. The number of nitrogens with zero attached hydrogens (tertiary/aromatic N) is 1. The van der Waals surface area contributed by atoms with Gasteiger partial charge in [0, 0.05) is 5.69 Å². The summed E-state index contributed by atoms with van der Waals surface area (Å²) in [5, 5.41) is 10.9. The number of amides is 3. The Morgan fingerprint density at radius 3 is 2.61 bits per heavy atom. The van der Waals surface area contributed by atoms with E-state index in [1.807, 2.05) is 26.0 Å². The Balaban J connectivity index is 1.72. The number of carbonyl (C=O) groups excluding carboxylic acids is 3. The van der Waals surface area contributed by atoms with Gasteiger partial charge in [0.1, 0.15) is 6.54 Å². The van der Waals surface area contributed by atoms with Crippen molar-refractivity contribution in [2.24, 2.45) is 0 Å². The lowest BCUT2D eigenvalue weighted by Gasteiger charge is -2.14. The van der Waals surface area contributed by atoms with Crippen LogP contribution in [0.3, 0.4) is 0 Å². The molecule has 2 aromatic carbocycles. The van der Waals surface area contributed by atoms with Crippen molar-refractivity contribution in [2.45, 2.75) is 13.8 Å². The number of thioether (sulfide) groups is 1. The van der Waals surface area contributed by atoms with Gasteiger partial charge in [0.25, 0.3) is 11.1 Å². The number of ether oxygens (including phenoxy) is 2. The van der Waals surface area contributed by atoms with Crippen LogP contribution in [0.15, 0.2) is 41.3 Å². The molecule has 1 saturated heterocycles. The number of imide groups is 1. The van der Waals surface area contributed by atoms with Crippen LogP contribution in [0.25, 0.3) is 6.08 Å². The fourth-order valence-corrected chi connectivity index (χ4v) is 3.88. The molecule has 3 amide bonds. The summed E-state index contributed by atoms with van der Waals surface area (Å²) in [6, 6.07) is 10.2. The fourth-order valence-electron chi connectivity index (χ4n) is 3.04. The van der Waals surface area contributed by atoms with Crippen LogP contribution in [0, 0.1) is 13.8 Å². The summed E-state index contributed by atoms with van der Waals surface area (Å²) in [7, 11) is 1.40. The Morgan fingerprint density at radius 1 is 1.15 bits per heavy atom. The van der Waals surface area contributed by atoms with Gasteiger partial charge < -0.3 is 19.9 Å². The Labute approximate surface area is 194 Å². The molecule has 9 nitrogen and oxygen atoms in total. The van der Waals surface area contributed by atoms with E-state index in [2.05, 4.69) is 5.32 Å². The summed E-state index contributed by atoms with van der Waals surface area (Å²) in [4.78, 5) is 49.3. The molecule has 0 radical (unpaired) electrons. The highest BCUT2D eigenvalue weighted by Crippen LogP contribution is 2.34. The van der Waals surface area contributed by atoms with Gasteiger partial charge in [-0.3, -0.25) is 19.3 Å². The lowest BCUT2D eigenvalue weighted by Crippen LogP contribution is -2.36. The number of carboxylic acid groups (broad SMARTS) is 1. The van der Waals surface area contributed by atoms with Crippen molar-refractivity contribution in [1.29, 1.82) is 0 Å². The van der Waals surface area contributed by atoms with Gasteiger partial charge in [0.15, 0.2) is 18.1 Å². The molecule has 2 aromatic rings. The van der Waals surface area contributed by atoms with Gasteiger partial charge in [-0.05, 0) is 66.6 Å². The topological polar surface area (TPSA) is 122 Å². The Morgan fingerprint density at radius 2 is 1.91 bits per heavy atom. The molecule has 1 heterocycles. The zero-order chi connectivity index (χ0) is 24.1. The van der Waals surface area contributed by atoms with E-state index in [1.54, 1.807) is 18.2 Å². The number of aliphatic carboxylic acids is 1. The predicted molar refractivity (Wildman–Crippen MR) is 123 cm³/mol. The zero-order valence-corrected chi connectivity index (χ0v) is 19.0. The largest absolute Gasteiger partial charge is 0.493 e. The number of methoxy groups -OCH3 is 1. The van der Waals surface area contributed by atoms with Crippen LogP contribution < -0.4 is 14.8 Å².